The fourth-order valence-corrected chi connectivity index (χ4v) is 5.02. The van der Waals surface area contributed by atoms with Gasteiger partial charge in [-0.25, -0.2) is 4.79 Å². The number of hydrogen-bond donors (Lipinski definition) is 1. The van der Waals surface area contributed by atoms with Gasteiger partial charge in [0, 0.05) is 38.0 Å². The predicted molar refractivity (Wildman–Crippen MR) is 123 cm³/mol. The highest BCUT2D eigenvalue weighted by atomic mass is 32.2. The van der Waals surface area contributed by atoms with Gasteiger partial charge in [0.2, 0.25) is 0 Å². The van der Waals surface area contributed by atoms with Gasteiger partial charge in [0.15, 0.2) is 5.17 Å². The third kappa shape index (κ3) is 4.78. The molecule has 2 fully saturated rings. The number of carbonyl (C=O) groups excluding carboxylic acids is 1. The minimum absolute atomic E-state index is 0.0700. The summed E-state index contributed by atoms with van der Waals surface area (Å²) < 4.78 is 5.43. The first-order valence-electron chi connectivity index (χ1n) is 10.7. The Morgan fingerprint density at radius 2 is 1.67 bits per heavy atom. The highest BCUT2D eigenvalue weighted by molar-refractivity contribution is 8.13. The van der Waals surface area contributed by atoms with Crippen LogP contribution in [0, 0.1) is 11.8 Å². The molecule has 0 bridgehead atoms. The first-order valence-corrected chi connectivity index (χ1v) is 11.9. The van der Waals surface area contributed by atoms with Crippen LogP contribution in [0.4, 0.5) is 4.79 Å². The molecule has 1 aromatic carbocycles. The lowest BCUT2D eigenvalue weighted by Gasteiger charge is -2.49. The lowest BCUT2D eigenvalue weighted by atomic mass is 9.71. The number of rotatable bonds is 2. The number of ether oxygens (including phenoxy) is 1. The number of aliphatic imine (C=N–C) groups is 1. The van der Waals surface area contributed by atoms with Crippen molar-refractivity contribution in [2.24, 2.45) is 16.8 Å². The van der Waals surface area contributed by atoms with Crippen LogP contribution in [-0.4, -0.2) is 70.2 Å². The predicted octanol–water partition coefficient (Wildman–Crippen LogP) is 3.80. The molecule has 30 heavy (non-hydrogen) atoms. The van der Waals surface area contributed by atoms with Crippen LogP contribution in [0.15, 0.2) is 35.3 Å². The van der Waals surface area contributed by atoms with Gasteiger partial charge >= 0.3 is 6.09 Å². The van der Waals surface area contributed by atoms with Gasteiger partial charge in [-0.1, -0.05) is 55.9 Å². The van der Waals surface area contributed by atoms with E-state index in [1.807, 2.05) is 57.4 Å². The number of aliphatic hydroxyl groups is 1. The number of nitrogens with zero attached hydrogens (tertiary/aromatic N) is 3. The van der Waals surface area contributed by atoms with Gasteiger partial charge in [-0.2, -0.15) is 0 Å². The zero-order valence-corrected chi connectivity index (χ0v) is 19.8. The molecule has 2 heterocycles. The number of carbonyl (C=O) groups is 1. The Labute approximate surface area is 184 Å². The number of thioether (sulfide) groups is 1. The molecule has 6 nitrogen and oxygen atoms in total. The van der Waals surface area contributed by atoms with Crippen molar-refractivity contribution in [3.05, 3.63) is 35.9 Å². The first kappa shape index (κ1) is 22.9. The number of piperidine rings is 1. The van der Waals surface area contributed by atoms with Crippen molar-refractivity contribution >= 4 is 23.0 Å². The van der Waals surface area contributed by atoms with Crippen molar-refractivity contribution in [3.63, 3.8) is 0 Å². The molecule has 2 saturated heterocycles. The Kier molecular flexibility index (Phi) is 6.72. The molecule has 0 aromatic heterocycles. The topological polar surface area (TPSA) is 65.4 Å². The Bertz CT molecular complexity index is 760. The van der Waals surface area contributed by atoms with Crippen LogP contribution in [-0.2, 0) is 10.3 Å². The van der Waals surface area contributed by atoms with Crippen molar-refractivity contribution in [1.29, 1.82) is 0 Å². The number of benzene rings is 1. The molecule has 3 atom stereocenters. The maximum atomic E-state index is 12.1. The number of amidine groups is 1. The Hall–Kier alpha value is -1.73. The molecular weight excluding hydrogens is 398 g/mol. The smallest absolute Gasteiger partial charge is 0.410 e. The summed E-state index contributed by atoms with van der Waals surface area (Å²) in [5.74, 6) is 0.140. The van der Waals surface area contributed by atoms with Crippen LogP contribution in [0.5, 0.6) is 0 Å². The Morgan fingerprint density at radius 3 is 2.17 bits per heavy atom. The lowest BCUT2D eigenvalue weighted by Crippen LogP contribution is -2.57. The molecule has 1 aromatic rings. The van der Waals surface area contributed by atoms with E-state index in [-0.39, 0.29) is 24.0 Å². The van der Waals surface area contributed by atoms with Crippen LogP contribution in [0.3, 0.4) is 0 Å². The van der Waals surface area contributed by atoms with E-state index < -0.39 is 11.2 Å². The third-order valence-corrected chi connectivity index (χ3v) is 6.72. The van der Waals surface area contributed by atoms with Gasteiger partial charge in [-0.3, -0.25) is 4.99 Å². The lowest BCUT2D eigenvalue weighted by molar-refractivity contribution is -0.0994. The van der Waals surface area contributed by atoms with Gasteiger partial charge in [-0.05, 0) is 32.6 Å². The van der Waals surface area contributed by atoms with Crippen LogP contribution in [0.25, 0.3) is 0 Å². The summed E-state index contributed by atoms with van der Waals surface area (Å²) in [6.45, 7) is 12.5. The van der Waals surface area contributed by atoms with Gasteiger partial charge in [0.1, 0.15) is 5.60 Å². The molecule has 1 N–H and O–H groups in total. The normalized spacial score (nSPS) is 28.3. The van der Waals surface area contributed by atoms with Crippen LogP contribution in [0.1, 0.15) is 40.2 Å². The van der Waals surface area contributed by atoms with Crippen molar-refractivity contribution in [2.75, 3.05) is 32.4 Å². The standard InChI is InChI=1S/C23H35N3O3S/c1-16-12-25(13-17(2)23(16,28)18-10-8-7-9-11-18)20(30-6)24-19-14-26(15-19)21(27)29-22(3,4)5/h7-11,16-17,19,28H,12-15H2,1-6H3/t16-,17+,23?. The minimum Gasteiger partial charge on any atom is -0.444 e. The molecule has 2 aliphatic rings. The molecule has 7 heteroatoms. The van der Waals surface area contributed by atoms with E-state index in [0.717, 1.165) is 23.8 Å². The van der Waals surface area contributed by atoms with Gasteiger partial charge in [0.05, 0.1) is 11.6 Å². The second kappa shape index (κ2) is 8.79. The number of amides is 1. The summed E-state index contributed by atoms with van der Waals surface area (Å²) in [4.78, 5) is 21.1. The molecule has 0 spiro atoms. The Balaban J connectivity index is 1.64. The summed E-state index contributed by atoms with van der Waals surface area (Å²) in [6.07, 6.45) is 1.77. The minimum atomic E-state index is -0.842. The zero-order valence-electron chi connectivity index (χ0n) is 19.0. The quantitative estimate of drug-likeness (QED) is 0.568. The average molecular weight is 434 g/mol. The molecule has 0 saturated carbocycles. The van der Waals surface area contributed by atoms with Gasteiger partial charge in [0.25, 0.3) is 0 Å². The summed E-state index contributed by atoms with van der Waals surface area (Å²) in [6, 6.07) is 10.1. The van der Waals surface area contributed by atoms with E-state index >= 15 is 0 Å². The van der Waals surface area contributed by atoms with Crippen LogP contribution < -0.4 is 0 Å². The van der Waals surface area contributed by atoms with E-state index in [9.17, 15) is 9.90 Å². The monoisotopic (exact) mass is 433 g/mol. The van der Waals surface area contributed by atoms with Crippen LogP contribution >= 0.6 is 11.8 Å². The van der Waals surface area contributed by atoms with Crippen LogP contribution in [0.2, 0.25) is 0 Å². The molecule has 0 aliphatic carbocycles. The van der Waals surface area contributed by atoms with E-state index in [1.165, 1.54) is 0 Å². The van der Waals surface area contributed by atoms with Crippen molar-refractivity contribution < 1.29 is 14.6 Å². The first-order chi connectivity index (χ1) is 14.0. The van der Waals surface area contributed by atoms with E-state index in [1.54, 1.807) is 16.7 Å². The fourth-order valence-electron chi connectivity index (χ4n) is 4.36. The fraction of sp³-hybridized carbons (Fsp3) is 0.652. The molecule has 1 amide bonds. The summed E-state index contributed by atoms with van der Waals surface area (Å²) >= 11 is 1.63. The van der Waals surface area contributed by atoms with Gasteiger partial charge < -0.3 is 19.6 Å². The van der Waals surface area contributed by atoms with Crippen molar-refractivity contribution in [3.8, 4) is 0 Å². The maximum Gasteiger partial charge on any atom is 0.410 e. The highest BCUT2D eigenvalue weighted by Gasteiger charge is 2.46. The third-order valence-electron chi connectivity index (χ3n) is 5.99. The van der Waals surface area contributed by atoms with Gasteiger partial charge in [-0.15, -0.1) is 0 Å². The van der Waals surface area contributed by atoms with E-state index in [2.05, 4.69) is 18.7 Å². The molecule has 3 rings (SSSR count). The summed E-state index contributed by atoms with van der Waals surface area (Å²) in [7, 11) is 0. The number of hydrogen-bond acceptors (Lipinski definition) is 5. The maximum absolute atomic E-state index is 12.1. The zero-order chi connectivity index (χ0) is 22.1. The summed E-state index contributed by atoms with van der Waals surface area (Å²) in [5, 5.41) is 12.5. The van der Waals surface area contributed by atoms with Crippen molar-refractivity contribution in [2.45, 2.75) is 51.9 Å². The average Bonchev–Trinajstić information content (AvgIpc) is 2.64. The molecular formula is C23H35N3O3S. The van der Waals surface area contributed by atoms with Crippen molar-refractivity contribution in [1.82, 2.24) is 9.80 Å². The Morgan fingerprint density at radius 1 is 1.10 bits per heavy atom. The molecule has 0 radical (unpaired) electrons. The molecule has 2 aliphatic heterocycles. The van der Waals surface area contributed by atoms with E-state index in [0.29, 0.717) is 13.1 Å². The molecule has 166 valence electrons. The second-order valence-electron chi connectivity index (χ2n) is 9.55. The highest BCUT2D eigenvalue weighted by Crippen LogP contribution is 2.41. The molecule has 1 unspecified atom stereocenters. The summed E-state index contributed by atoms with van der Waals surface area (Å²) in [5.41, 5.74) is -0.337. The second-order valence-corrected chi connectivity index (χ2v) is 10.3. The SMILES string of the molecule is CSC(=NC1CN(C(=O)OC(C)(C)C)C1)N1C[C@@H](C)C(O)(c2ccccc2)[C@@H](C)C1. The van der Waals surface area contributed by atoms with E-state index in [4.69, 9.17) is 9.73 Å². The number of likely N-dealkylation sites (tertiary alicyclic amines) is 2. The largest absolute Gasteiger partial charge is 0.444 e.